The molecule has 9 nitrogen and oxygen atoms in total. The van der Waals surface area contributed by atoms with E-state index in [1.54, 1.807) is 31.5 Å². The molecule has 0 aliphatic heterocycles. The first-order valence-corrected chi connectivity index (χ1v) is 9.99. The minimum atomic E-state index is 0.319. The summed E-state index contributed by atoms with van der Waals surface area (Å²) in [6.07, 6.45) is 7.93. The topological polar surface area (TPSA) is 107 Å². The molecule has 0 radical (unpaired) electrons. The molecule has 0 aliphatic carbocycles. The fourth-order valence-electron chi connectivity index (χ4n) is 2.99. The third-order valence-electron chi connectivity index (χ3n) is 4.69. The summed E-state index contributed by atoms with van der Waals surface area (Å²) in [5, 5.41) is 8.05. The third-order valence-corrected chi connectivity index (χ3v) is 4.89. The van der Waals surface area contributed by atoms with Gasteiger partial charge in [0.25, 0.3) is 11.8 Å². The van der Waals surface area contributed by atoms with Gasteiger partial charge in [0.2, 0.25) is 0 Å². The Morgan fingerprint density at radius 2 is 1.87 bits per heavy atom. The SMILES string of the molecule is CCc1noc(/C=C/c2cncc(N(C)c3cc(-c4nc(C)no4)cc(Cl)n3)c2C)n1. The van der Waals surface area contributed by atoms with Crippen LogP contribution in [-0.4, -0.2) is 37.3 Å². The first-order chi connectivity index (χ1) is 14.9. The van der Waals surface area contributed by atoms with Gasteiger partial charge in [-0.25, -0.2) is 4.98 Å². The Bertz CT molecular complexity index is 1250. The molecule has 0 spiro atoms. The molecule has 0 unspecified atom stereocenters. The van der Waals surface area contributed by atoms with E-state index in [-0.39, 0.29) is 0 Å². The van der Waals surface area contributed by atoms with E-state index in [9.17, 15) is 0 Å². The van der Waals surface area contributed by atoms with Crippen LogP contribution in [0, 0.1) is 13.8 Å². The molecule has 4 aromatic heterocycles. The number of anilines is 2. The lowest BCUT2D eigenvalue weighted by Gasteiger charge is -2.21. The van der Waals surface area contributed by atoms with Crippen LogP contribution >= 0.6 is 11.6 Å². The minimum Gasteiger partial charge on any atom is -0.335 e. The molecule has 0 N–H and O–H groups in total. The smallest absolute Gasteiger partial charge is 0.258 e. The highest BCUT2D eigenvalue weighted by atomic mass is 35.5. The van der Waals surface area contributed by atoms with Crippen LogP contribution in [0.1, 0.15) is 35.6 Å². The second kappa shape index (κ2) is 8.65. The van der Waals surface area contributed by atoms with Crippen LogP contribution < -0.4 is 4.90 Å². The lowest BCUT2D eigenvalue weighted by molar-refractivity contribution is 0.403. The molecule has 0 fully saturated rings. The summed E-state index contributed by atoms with van der Waals surface area (Å²) in [7, 11) is 1.89. The van der Waals surface area contributed by atoms with Gasteiger partial charge in [-0.3, -0.25) is 4.98 Å². The van der Waals surface area contributed by atoms with Gasteiger partial charge in [-0.15, -0.1) is 0 Å². The Labute approximate surface area is 183 Å². The summed E-state index contributed by atoms with van der Waals surface area (Å²) in [5.41, 5.74) is 3.47. The maximum atomic E-state index is 6.26. The van der Waals surface area contributed by atoms with Gasteiger partial charge in [0, 0.05) is 31.3 Å². The summed E-state index contributed by atoms with van der Waals surface area (Å²) in [5.74, 6) is 2.67. The molecule has 0 saturated carbocycles. The zero-order valence-electron chi connectivity index (χ0n) is 17.5. The Kier molecular flexibility index (Phi) is 5.77. The van der Waals surface area contributed by atoms with Crippen molar-refractivity contribution in [2.24, 2.45) is 0 Å². The minimum absolute atomic E-state index is 0.319. The van der Waals surface area contributed by atoms with Gasteiger partial charge in [-0.1, -0.05) is 28.8 Å². The van der Waals surface area contributed by atoms with Crippen molar-refractivity contribution < 1.29 is 9.05 Å². The normalized spacial score (nSPS) is 11.4. The monoisotopic (exact) mass is 437 g/mol. The Hall–Kier alpha value is -3.59. The van der Waals surface area contributed by atoms with Gasteiger partial charge in [0.05, 0.1) is 11.9 Å². The fourth-order valence-corrected chi connectivity index (χ4v) is 3.20. The second-order valence-corrected chi connectivity index (χ2v) is 7.24. The van der Waals surface area contributed by atoms with Crippen LogP contribution in [0.3, 0.4) is 0 Å². The van der Waals surface area contributed by atoms with Crippen molar-refractivity contribution in [3.05, 3.63) is 58.3 Å². The molecule has 4 aromatic rings. The van der Waals surface area contributed by atoms with Gasteiger partial charge < -0.3 is 13.9 Å². The van der Waals surface area contributed by atoms with Gasteiger partial charge >= 0.3 is 0 Å². The highest BCUT2D eigenvalue weighted by molar-refractivity contribution is 6.29. The first-order valence-electron chi connectivity index (χ1n) is 9.62. The van der Waals surface area contributed by atoms with E-state index in [2.05, 4.69) is 30.2 Å². The van der Waals surface area contributed by atoms with E-state index in [1.807, 2.05) is 37.9 Å². The zero-order valence-corrected chi connectivity index (χ0v) is 18.3. The highest BCUT2D eigenvalue weighted by Gasteiger charge is 2.15. The average Bonchev–Trinajstić information content (AvgIpc) is 3.41. The van der Waals surface area contributed by atoms with E-state index in [4.69, 9.17) is 20.6 Å². The van der Waals surface area contributed by atoms with E-state index in [0.29, 0.717) is 40.0 Å². The number of pyridine rings is 2. The maximum absolute atomic E-state index is 6.26. The number of nitrogens with zero attached hydrogens (tertiary/aromatic N) is 7. The van der Waals surface area contributed by atoms with Crippen LogP contribution in [0.2, 0.25) is 5.15 Å². The molecule has 0 aliphatic rings. The van der Waals surface area contributed by atoms with E-state index >= 15 is 0 Å². The van der Waals surface area contributed by atoms with Crippen molar-refractivity contribution in [3.63, 3.8) is 0 Å². The number of rotatable bonds is 6. The molecule has 0 atom stereocenters. The molecule has 10 heteroatoms. The molecule has 31 heavy (non-hydrogen) atoms. The number of halogens is 1. The van der Waals surface area contributed by atoms with Gasteiger partial charge in [-0.05, 0) is 43.2 Å². The van der Waals surface area contributed by atoms with Crippen molar-refractivity contribution in [2.75, 3.05) is 11.9 Å². The second-order valence-electron chi connectivity index (χ2n) is 6.85. The quantitative estimate of drug-likeness (QED) is 0.397. The van der Waals surface area contributed by atoms with Gasteiger partial charge in [-0.2, -0.15) is 9.97 Å². The van der Waals surface area contributed by atoms with E-state index < -0.39 is 0 Å². The Balaban J connectivity index is 1.65. The highest BCUT2D eigenvalue weighted by Crippen LogP contribution is 2.31. The largest absolute Gasteiger partial charge is 0.335 e. The summed E-state index contributed by atoms with van der Waals surface area (Å²) >= 11 is 6.26. The van der Waals surface area contributed by atoms with Crippen LogP contribution in [0.4, 0.5) is 11.5 Å². The van der Waals surface area contributed by atoms with Crippen LogP contribution in [-0.2, 0) is 6.42 Å². The molecular formula is C21H20ClN7O2. The molecule has 158 valence electrons. The average molecular weight is 438 g/mol. The zero-order chi connectivity index (χ0) is 22.0. The molecule has 0 saturated heterocycles. The van der Waals surface area contributed by atoms with Crippen molar-refractivity contribution in [1.29, 1.82) is 0 Å². The lowest BCUT2D eigenvalue weighted by Crippen LogP contribution is -2.13. The van der Waals surface area contributed by atoms with E-state index in [1.165, 1.54) is 0 Å². The lowest BCUT2D eigenvalue weighted by atomic mass is 10.1. The van der Waals surface area contributed by atoms with E-state index in [0.717, 1.165) is 23.2 Å². The third kappa shape index (κ3) is 4.46. The first kappa shape index (κ1) is 20.7. The number of aromatic nitrogens is 6. The molecule has 0 aromatic carbocycles. The van der Waals surface area contributed by atoms with Crippen molar-refractivity contribution in [3.8, 4) is 11.5 Å². The predicted octanol–water partition coefficient (Wildman–Crippen LogP) is 4.68. The summed E-state index contributed by atoms with van der Waals surface area (Å²) in [4.78, 5) is 19.3. The molecule has 4 heterocycles. The van der Waals surface area contributed by atoms with Crippen molar-refractivity contribution >= 4 is 35.3 Å². The molecule has 0 bridgehead atoms. The van der Waals surface area contributed by atoms with Gasteiger partial charge in [0.1, 0.15) is 11.0 Å². The molecular weight excluding hydrogens is 418 g/mol. The Morgan fingerprint density at radius 3 is 2.58 bits per heavy atom. The standard InChI is InChI=1S/C21H20ClN7O2/c1-5-18-26-20(30-28-18)7-6-14-10-23-11-16(12(14)2)29(4)19-9-15(8-17(22)25-19)21-24-13(3)27-31-21/h6-11H,5H2,1-4H3/b7-6+. The maximum Gasteiger partial charge on any atom is 0.258 e. The van der Waals surface area contributed by atoms with Crippen molar-refractivity contribution in [1.82, 2.24) is 30.2 Å². The number of hydrogen-bond acceptors (Lipinski definition) is 9. The van der Waals surface area contributed by atoms with Crippen molar-refractivity contribution in [2.45, 2.75) is 27.2 Å². The Morgan fingerprint density at radius 1 is 1.03 bits per heavy atom. The van der Waals surface area contributed by atoms with Gasteiger partial charge in [0.15, 0.2) is 11.6 Å². The predicted molar refractivity (Wildman–Crippen MR) is 117 cm³/mol. The summed E-state index contributed by atoms with van der Waals surface area (Å²) < 4.78 is 10.5. The molecule has 4 rings (SSSR count). The molecule has 0 amide bonds. The fraction of sp³-hybridized carbons (Fsp3) is 0.238. The van der Waals surface area contributed by atoms with Crippen LogP contribution in [0.5, 0.6) is 0 Å². The number of aryl methyl sites for hydroxylation is 2. The van der Waals surface area contributed by atoms with Crippen LogP contribution in [0.25, 0.3) is 23.6 Å². The summed E-state index contributed by atoms with van der Waals surface area (Å²) in [6, 6.07) is 3.52. The van der Waals surface area contributed by atoms with Crippen LogP contribution in [0.15, 0.2) is 33.6 Å². The summed E-state index contributed by atoms with van der Waals surface area (Å²) in [6.45, 7) is 5.74. The number of hydrogen-bond donors (Lipinski definition) is 0.